The number of allylic oxidation sites excluding steroid dienone is 1. The van der Waals surface area contributed by atoms with E-state index in [9.17, 15) is 4.79 Å². The summed E-state index contributed by atoms with van der Waals surface area (Å²) in [5.74, 6) is 0. The first-order chi connectivity index (χ1) is 7.13. The summed E-state index contributed by atoms with van der Waals surface area (Å²) in [6, 6.07) is 7.73. The Balaban J connectivity index is 2.87. The number of nitrogens with zero attached hydrogens (tertiary/aromatic N) is 1. The lowest BCUT2D eigenvalue weighted by molar-refractivity contribution is -0.103. The zero-order chi connectivity index (χ0) is 11.3. The summed E-state index contributed by atoms with van der Waals surface area (Å²) >= 11 is 3.36. The number of hydrogen-bond donors (Lipinski definition) is 0. The Hall–Kier alpha value is -0.930. The molecule has 3 heteroatoms. The van der Waals surface area contributed by atoms with Crippen LogP contribution in [-0.2, 0) is 4.79 Å². The first-order valence-corrected chi connectivity index (χ1v) is 5.49. The van der Waals surface area contributed by atoms with Gasteiger partial charge < -0.3 is 4.90 Å². The predicted molar refractivity (Wildman–Crippen MR) is 66.7 cm³/mol. The van der Waals surface area contributed by atoms with E-state index in [2.05, 4.69) is 15.9 Å². The number of carbonyl (C=O) groups excluding carboxylic acids is 1. The second kappa shape index (κ2) is 5.83. The van der Waals surface area contributed by atoms with Gasteiger partial charge in [0.15, 0.2) is 0 Å². The van der Waals surface area contributed by atoms with Gasteiger partial charge in [0.05, 0.1) is 0 Å². The molecule has 0 saturated carbocycles. The molecule has 0 atom stereocenters. The first kappa shape index (κ1) is 12.1. The average molecular weight is 268 g/mol. The van der Waals surface area contributed by atoms with Crippen LogP contribution in [0.2, 0.25) is 0 Å². The fourth-order valence-corrected chi connectivity index (χ4v) is 1.42. The molecule has 0 aliphatic heterocycles. The molecule has 0 fully saturated rings. The van der Waals surface area contributed by atoms with Crippen molar-refractivity contribution in [2.45, 2.75) is 0 Å². The van der Waals surface area contributed by atoms with Crippen LogP contribution in [0.5, 0.6) is 0 Å². The lowest BCUT2D eigenvalue weighted by Gasteiger charge is -2.06. The number of likely N-dealkylation sites (N-methyl/N-ethyl adjacent to an activating group) is 1. The van der Waals surface area contributed by atoms with Crippen molar-refractivity contribution in [3.8, 4) is 0 Å². The molecule has 0 bridgehead atoms. The van der Waals surface area contributed by atoms with Gasteiger partial charge in [0, 0.05) is 16.6 Å². The number of carbonyl (C=O) groups is 1. The van der Waals surface area contributed by atoms with Crippen molar-refractivity contribution in [1.82, 2.24) is 4.90 Å². The van der Waals surface area contributed by atoms with Gasteiger partial charge in [0.2, 0.25) is 0 Å². The van der Waals surface area contributed by atoms with Crippen LogP contribution in [0.25, 0.3) is 5.57 Å². The third kappa shape index (κ3) is 3.98. The Morgan fingerprint density at radius 2 is 1.93 bits per heavy atom. The van der Waals surface area contributed by atoms with Crippen LogP contribution in [0.15, 0.2) is 34.8 Å². The molecule has 15 heavy (non-hydrogen) atoms. The Labute approximate surface area is 98.7 Å². The van der Waals surface area contributed by atoms with Crippen molar-refractivity contribution in [3.63, 3.8) is 0 Å². The van der Waals surface area contributed by atoms with E-state index in [-0.39, 0.29) is 0 Å². The molecule has 0 saturated heterocycles. The lowest BCUT2D eigenvalue weighted by atomic mass is 10.1. The molecule has 0 aromatic heterocycles. The van der Waals surface area contributed by atoms with Crippen LogP contribution in [0.4, 0.5) is 0 Å². The second-order valence-corrected chi connectivity index (χ2v) is 4.46. The summed E-state index contributed by atoms with van der Waals surface area (Å²) in [7, 11) is 3.95. The van der Waals surface area contributed by atoms with Gasteiger partial charge in [-0.25, -0.2) is 0 Å². The van der Waals surface area contributed by atoms with Crippen LogP contribution in [0.1, 0.15) is 5.56 Å². The van der Waals surface area contributed by atoms with E-state index < -0.39 is 0 Å². The molecular weight excluding hydrogens is 254 g/mol. The van der Waals surface area contributed by atoms with Crippen LogP contribution in [0, 0.1) is 0 Å². The molecule has 1 rings (SSSR count). The summed E-state index contributed by atoms with van der Waals surface area (Å²) in [4.78, 5) is 12.9. The Kier molecular flexibility index (Phi) is 4.72. The van der Waals surface area contributed by atoms with Crippen molar-refractivity contribution in [2.24, 2.45) is 0 Å². The van der Waals surface area contributed by atoms with Crippen molar-refractivity contribution >= 4 is 27.8 Å². The van der Waals surface area contributed by atoms with Gasteiger partial charge in [0.25, 0.3) is 0 Å². The standard InChI is InChI=1S/C12H14BrNO/c1-14(2)8-7-11(9-15)10-3-5-12(13)6-4-10/h3-7,9H,8H2,1-2H3. The summed E-state index contributed by atoms with van der Waals surface area (Å²) in [6.07, 6.45) is 2.82. The van der Waals surface area contributed by atoms with Crippen LogP contribution in [-0.4, -0.2) is 31.8 Å². The molecule has 0 aliphatic rings. The highest BCUT2D eigenvalue weighted by Crippen LogP contribution is 2.16. The monoisotopic (exact) mass is 267 g/mol. The maximum absolute atomic E-state index is 10.9. The third-order valence-corrected chi connectivity index (χ3v) is 2.51. The summed E-state index contributed by atoms with van der Waals surface area (Å²) in [5, 5.41) is 0. The van der Waals surface area contributed by atoms with Gasteiger partial charge in [0.1, 0.15) is 6.29 Å². The molecule has 1 aromatic carbocycles. The van der Waals surface area contributed by atoms with E-state index in [0.29, 0.717) is 0 Å². The Bertz CT molecular complexity index is 354. The minimum Gasteiger partial charge on any atom is -0.306 e. The number of aldehydes is 1. The first-order valence-electron chi connectivity index (χ1n) is 4.69. The fourth-order valence-electron chi connectivity index (χ4n) is 1.16. The number of rotatable bonds is 4. The zero-order valence-corrected chi connectivity index (χ0v) is 10.5. The molecule has 0 heterocycles. The van der Waals surface area contributed by atoms with Crippen molar-refractivity contribution in [3.05, 3.63) is 40.4 Å². The fraction of sp³-hybridized carbons (Fsp3) is 0.250. The number of benzene rings is 1. The van der Waals surface area contributed by atoms with Crippen molar-refractivity contribution in [2.75, 3.05) is 20.6 Å². The largest absolute Gasteiger partial charge is 0.306 e. The highest BCUT2D eigenvalue weighted by molar-refractivity contribution is 9.10. The van der Waals surface area contributed by atoms with Gasteiger partial charge in [-0.05, 0) is 31.8 Å². The van der Waals surface area contributed by atoms with E-state index in [0.717, 1.165) is 28.4 Å². The summed E-state index contributed by atoms with van der Waals surface area (Å²) in [5.41, 5.74) is 1.69. The quantitative estimate of drug-likeness (QED) is 0.618. The highest BCUT2D eigenvalue weighted by Gasteiger charge is 1.99. The smallest absolute Gasteiger partial charge is 0.150 e. The highest BCUT2D eigenvalue weighted by atomic mass is 79.9. The average Bonchev–Trinajstić information content (AvgIpc) is 2.21. The molecule has 0 amide bonds. The second-order valence-electron chi connectivity index (χ2n) is 3.55. The van der Waals surface area contributed by atoms with Gasteiger partial charge in [-0.3, -0.25) is 4.79 Å². The third-order valence-electron chi connectivity index (χ3n) is 1.98. The molecule has 0 unspecified atom stereocenters. The van der Waals surface area contributed by atoms with Crippen LogP contribution in [0.3, 0.4) is 0 Å². The molecule has 80 valence electrons. The minimum absolute atomic E-state index is 0.733. The molecule has 0 spiro atoms. The number of hydrogen-bond acceptors (Lipinski definition) is 2. The normalized spacial score (nSPS) is 11.9. The molecule has 0 aliphatic carbocycles. The topological polar surface area (TPSA) is 20.3 Å². The van der Waals surface area contributed by atoms with Crippen molar-refractivity contribution < 1.29 is 4.79 Å². The van der Waals surface area contributed by atoms with E-state index in [1.807, 2.05) is 49.3 Å². The number of halogens is 1. The Morgan fingerprint density at radius 1 is 1.33 bits per heavy atom. The molecule has 0 radical (unpaired) electrons. The minimum atomic E-state index is 0.733. The molecule has 2 nitrogen and oxygen atoms in total. The predicted octanol–water partition coefficient (Wildman–Crippen LogP) is 2.59. The maximum atomic E-state index is 10.9. The van der Waals surface area contributed by atoms with Crippen LogP contribution >= 0.6 is 15.9 Å². The molecular formula is C12H14BrNO. The molecule has 0 N–H and O–H groups in total. The maximum Gasteiger partial charge on any atom is 0.150 e. The summed E-state index contributed by atoms with van der Waals surface area (Å²) in [6.45, 7) is 0.768. The van der Waals surface area contributed by atoms with E-state index in [4.69, 9.17) is 0 Å². The lowest BCUT2D eigenvalue weighted by Crippen LogP contribution is -2.11. The summed E-state index contributed by atoms with van der Waals surface area (Å²) < 4.78 is 1.02. The van der Waals surface area contributed by atoms with Gasteiger partial charge in [-0.15, -0.1) is 0 Å². The SMILES string of the molecule is CN(C)CC=C(C=O)c1ccc(Br)cc1. The van der Waals surface area contributed by atoms with Gasteiger partial charge >= 0.3 is 0 Å². The van der Waals surface area contributed by atoms with E-state index in [1.54, 1.807) is 0 Å². The van der Waals surface area contributed by atoms with Crippen molar-refractivity contribution in [1.29, 1.82) is 0 Å². The van der Waals surface area contributed by atoms with Gasteiger partial charge in [-0.2, -0.15) is 0 Å². The van der Waals surface area contributed by atoms with E-state index in [1.165, 1.54) is 0 Å². The molecule has 1 aromatic rings. The zero-order valence-electron chi connectivity index (χ0n) is 8.90. The Morgan fingerprint density at radius 3 is 2.40 bits per heavy atom. The van der Waals surface area contributed by atoms with Crippen LogP contribution < -0.4 is 0 Å². The van der Waals surface area contributed by atoms with E-state index >= 15 is 0 Å². The van der Waals surface area contributed by atoms with Gasteiger partial charge in [-0.1, -0.05) is 34.1 Å².